The lowest BCUT2D eigenvalue weighted by Crippen LogP contribution is -2.29. The predicted molar refractivity (Wildman–Crippen MR) is 111 cm³/mol. The van der Waals surface area contributed by atoms with Gasteiger partial charge in [0.1, 0.15) is 12.2 Å². The summed E-state index contributed by atoms with van der Waals surface area (Å²) >= 11 is 0. The smallest absolute Gasteiger partial charge is 0.225 e. The van der Waals surface area contributed by atoms with Gasteiger partial charge in [0.15, 0.2) is 17.0 Å². The highest BCUT2D eigenvalue weighted by Crippen LogP contribution is 2.28. The minimum Gasteiger partial charge on any atom is -0.363 e. The van der Waals surface area contributed by atoms with E-state index in [9.17, 15) is 4.79 Å². The SMILES string of the molecule is C=C(C)CN1CC(Nc2ncnc3c2nc(-c2cnn(CC)c2C)n3C)CC1=O. The second-order valence-corrected chi connectivity index (χ2v) is 7.63. The van der Waals surface area contributed by atoms with E-state index in [0.717, 1.165) is 34.8 Å². The zero-order chi connectivity index (χ0) is 20.7. The third-order valence-corrected chi connectivity index (χ3v) is 5.32. The molecule has 0 radical (unpaired) electrons. The lowest BCUT2D eigenvalue weighted by atomic mass is 10.2. The first-order chi connectivity index (χ1) is 13.9. The van der Waals surface area contributed by atoms with Crippen LogP contribution in [0.15, 0.2) is 24.7 Å². The van der Waals surface area contributed by atoms with Gasteiger partial charge in [-0.15, -0.1) is 0 Å². The van der Waals surface area contributed by atoms with Crippen molar-refractivity contribution in [3.05, 3.63) is 30.4 Å². The Balaban J connectivity index is 1.66. The minimum absolute atomic E-state index is 0.0185. The number of aromatic nitrogens is 6. The van der Waals surface area contributed by atoms with Crippen LogP contribution in [0.3, 0.4) is 0 Å². The molecule has 0 bridgehead atoms. The quantitative estimate of drug-likeness (QED) is 0.644. The number of likely N-dealkylation sites (tertiary alicyclic amines) is 1. The van der Waals surface area contributed by atoms with Gasteiger partial charge in [-0.05, 0) is 20.8 Å². The molecule has 1 aliphatic rings. The zero-order valence-corrected chi connectivity index (χ0v) is 17.3. The van der Waals surface area contributed by atoms with Gasteiger partial charge in [0.25, 0.3) is 0 Å². The monoisotopic (exact) mass is 394 g/mol. The highest BCUT2D eigenvalue weighted by Gasteiger charge is 2.30. The second-order valence-electron chi connectivity index (χ2n) is 7.63. The molecular weight excluding hydrogens is 368 g/mol. The highest BCUT2D eigenvalue weighted by molar-refractivity contribution is 5.87. The normalized spacial score (nSPS) is 16.8. The molecule has 9 heteroatoms. The molecule has 0 saturated carbocycles. The molecule has 4 heterocycles. The molecule has 0 spiro atoms. The van der Waals surface area contributed by atoms with Gasteiger partial charge < -0.3 is 14.8 Å². The van der Waals surface area contributed by atoms with Gasteiger partial charge in [-0.3, -0.25) is 9.48 Å². The molecule has 0 aromatic carbocycles. The van der Waals surface area contributed by atoms with Crippen molar-refractivity contribution in [2.75, 3.05) is 18.4 Å². The number of nitrogens with zero attached hydrogens (tertiary/aromatic N) is 7. The largest absolute Gasteiger partial charge is 0.363 e. The summed E-state index contributed by atoms with van der Waals surface area (Å²) in [5.41, 5.74) is 4.44. The second kappa shape index (κ2) is 7.31. The van der Waals surface area contributed by atoms with Crippen LogP contribution < -0.4 is 5.32 Å². The van der Waals surface area contributed by atoms with Crippen molar-refractivity contribution >= 4 is 22.9 Å². The number of aryl methyl sites for hydroxylation is 2. The highest BCUT2D eigenvalue weighted by atomic mass is 16.2. The number of carbonyl (C=O) groups is 1. The van der Waals surface area contributed by atoms with Gasteiger partial charge in [-0.25, -0.2) is 15.0 Å². The fourth-order valence-corrected chi connectivity index (χ4v) is 3.87. The minimum atomic E-state index is -0.0185. The summed E-state index contributed by atoms with van der Waals surface area (Å²) in [4.78, 5) is 27.7. The number of fused-ring (bicyclic) bond motifs is 1. The molecule has 3 aromatic heterocycles. The molecule has 1 unspecified atom stereocenters. The summed E-state index contributed by atoms with van der Waals surface area (Å²) < 4.78 is 3.90. The topological polar surface area (TPSA) is 93.8 Å². The van der Waals surface area contributed by atoms with Gasteiger partial charge in [0.05, 0.1) is 17.8 Å². The number of anilines is 1. The molecule has 1 atom stereocenters. The van der Waals surface area contributed by atoms with E-state index in [2.05, 4.69) is 33.9 Å². The molecule has 4 rings (SSSR count). The standard InChI is InChI=1S/C20H26N8O/c1-6-28-13(4)15(8-23-28)19-25-17-18(21-11-22-20(17)26(19)5)24-14-7-16(29)27(10-14)9-12(2)3/h8,11,14H,2,6-7,9-10H2,1,3-5H3,(H,21,22,24). The van der Waals surface area contributed by atoms with E-state index in [1.54, 1.807) is 0 Å². The Bertz CT molecular complexity index is 1100. The lowest BCUT2D eigenvalue weighted by molar-refractivity contribution is -0.127. The summed E-state index contributed by atoms with van der Waals surface area (Å²) in [7, 11) is 1.94. The van der Waals surface area contributed by atoms with E-state index >= 15 is 0 Å². The number of rotatable bonds is 6. The summed E-state index contributed by atoms with van der Waals surface area (Å²) in [6, 6.07) is -0.0185. The summed E-state index contributed by atoms with van der Waals surface area (Å²) in [5.74, 6) is 1.57. The Morgan fingerprint density at radius 1 is 1.38 bits per heavy atom. The van der Waals surface area contributed by atoms with Crippen LogP contribution in [0.4, 0.5) is 5.82 Å². The maximum atomic E-state index is 12.3. The van der Waals surface area contributed by atoms with Crippen LogP contribution in [-0.2, 0) is 18.4 Å². The summed E-state index contributed by atoms with van der Waals surface area (Å²) in [6.45, 7) is 12.0. The predicted octanol–water partition coefficient (Wildman–Crippen LogP) is 2.14. The molecule has 1 N–H and O–H groups in total. The number of imidazole rings is 1. The number of hydrogen-bond acceptors (Lipinski definition) is 6. The third-order valence-electron chi connectivity index (χ3n) is 5.32. The molecule has 29 heavy (non-hydrogen) atoms. The lowest BCUT2D eigenvalue weighted by Gasteiger charge is -2.17. The molecule has 1 fully saturated rings. The van der Waals surface area contributed by atoms with E-state index in [-0.39, 0.29) is 11.9 Å². The molecule has 0 aliphatic carbocycles. The Morgan fingerprint density at radius 3 is 2.86 bits per heavy atom. The Morgan fingerprint density at radius 2 is 2.17 bits per heavy atom. The average molecular weight is 394 g/mol. The summed E-state index contributed by atoms with van der Waals surface area (Å²) in [6.07, 6.45) is 3.80. The van der Waals surface area contributed by atoms with Crippen molar-refractivity contribution in [3.8, 4) is 11.4 Å². The Labute approximate surface area is 169 Å². The van der Waals surface area contributed by atoms with Gasteiger partial charge in [-0.2, -0.15) is 5.10 Å². The Kier molecular flexibility index (Phi) is 4.81. The molecular formula is C20H26N8O. The fraction of sp³-hybridized carbons (Fsp3) is 0.450. The van der Waals surface area contributed by atoms with Crippen molar-refractivity contribution < 1.29 is 4.79 Å². The van der Waals surface area contributed by atoms with Crippen molar-refractivity contribution in [3.63, 3.8) is 0 Å². The maximum absolute atomic E-state index is 12.3. The van der Waals surface area contributed by atoms with Crippen LogP contribution in [-0.4, -0.2) is 59.2 Å². The van der Waals surface area contributed by atoms with Gasteiger partial charge >= 0.3 is 0 Å². The van der Waals surface area contributed by atoms with E-state index < -0.39 is 0 Å². The van der Waals surface area contributed by atoms with Gasteiger partial charge in [-0.1, -0.05) is 12.2 Å². The molecule has 9 nitrogen and oxygen atoms in total. The first kappa shape index (κ1) is 19.1. The van der Waals surface area contributed by atoms with Gasteiger partial charge in [0.2, 0.25) is 5.91 Å². The molecule has 1 aliphatic heterocycles. The number of amides is 1. The van der Waals surface area contributed by atoms with Crippen LogP contribution in [0, 0.1) is 6.92 Å². The molecule has 1 amide bonds. The first-order valence-electron chi connectivity index (χ1n) is 9.78. The van der Waals surface area contributed by atoms with E-state index in [4.69, 9.17) is 4.98 Å². The van der Waals surface area contributed by atoms with E-state index in [1.165, 1.54) is 6.33 Å². The van der Waals surface area contributed by atoms with Crippen molar-refractivity contribution in [1.29, 1.82) is 0 Å². The maximum Gasteiger partial charge on any atom is 0.225 e. The van der Waals surface area contributed by atoms with Crippen LogP contribution in [0.1, 0.15) is 26.0 Å². The van der Waals surface area contributed by atoms with Crippen LogP contribution >= 0.6 is 0 Å². The average Bonchev–Trinajstić information content (AvgIpc) is 3.31. The van der Waals surface area contributed by atoms with Crippen molar-refractivity contribution in [1.82, 2.24) is 34.2 Å². The van der Waals surface area contributed by atoms with Crippen LogP contribution in [0.5, 0.6) is 0 Å². The zero-order valence-electron chi connectivity index (χ0n) is 17.3. The van der Waals surface area contributed by atoms with Gasteiger partial charge in [0, 0.05) is 38.8 Å². The summed E-state index contributed by atoms with van der Waals surface area (Å²) in [5, 5.41) is 7.83. The van der Waals surface area contributed by atoms with Crippen molar-refractivity contribution in [2.45, 2.75) is 39.8 Å². The van der Waals surface area contributed by atoms with E-state index in [0.29, 0.717) is 30.8 Å². The number of carbonyl (C=O) groups excluding carboxylic acids is 1. The molecule has 152 valence electrons. The fourth-order valence-electron chi connectivity index (χ4n) is 3.87. The van der Waals surface area contributed by atoms with Crippen LogP contribution in [0.2, 0.25) is 0 Å². The third kappa shape index (κ3) is 3.37. The Hall–Kier alpha value is -3.23. The molecule has 1 saturated heterocycles. The van der Waals surface area contributed by atoms with E-state index in [1.807, 2.05) is 41.2 Å². The van der Waals surface area contributed by atoms with Crippen molar-refractivity contribution in [2.24, 2.45) is 7.05 Å². The first-order valence-corrected chi connectivity index (χ1v) is 9.78. The number of hydrogen-bond donors (Lipinski definition) is 1. The molecule has 3 aromatic rings. The number of nitrogens with one attached hydrogen (secondary N) is 1. The van der Waals surface area contributed by atoms with Crippen LogP contribution in [0.25, 0.3) is 22.6 Å².